The lowest BCUT2D eigenvalue weighted by Gasteiger charge is -2.31. The van der Waals surface area contributed by atoms with E-state index in [-0.39, 0.29) is 12.5 Å². The Hall–Kier alpha value is -2.33. The van der Waals surface area contributed by atoms with Crippen molar-refractivity contribution in [2.24, 2.45) is 5.92 Å². The highest BCUT2D eigenvalue weighted by Crippen LogP contribution is 2.23. The third-order valence-electron chi connectivity index (χ3n) is 4.24. The van der Waals surface area contributed by atoms with Crippen molar-refractivity contribution in [2.75, 3.05) is 19.7 Å². The molecule has 4 nitrogen and oxygen atoms in total. The van der Waals surface area contributed by atoms with Gasteiger partial charge in [-0.05, 0) is 55.2 Å². The summed E-state index contributed by atoms with van der Waals surface area (Å²) in [5.41, 5.74) is 0.674. The van der Waals surface area contributed by atoms with Crippen LogP contribution in [0.2, 0.25) is 0 Å². The maximum atomic E-state index is 12.5. The minimum atomic E-state index is 0.0488. The Morgan fingerprint density at radius 1 is 1.00 bits per heavy atom. The van der Waals surface area contributed by atoms with Crippen LogP contribution in [0.25, 0.3) is 0 Å². The van der Waals surface area contributed by atoms with E-state index >= 15 is 0 Å². The first-order valence-electron chi connectivity index (χ1n) is 7.99. The van der Waals surface area contributed by atoms with E-state index in [9.17, 15) is 4.79 Å². The van der Waals surface area contributed by atoms with Gasteiger partial charge in [0.1, 0.15) is 11.5 Å². The van der Waals surface area contributed by atoms with E-state index in [1.54, 1.807) is 12.1 Å². The van der Waals surface area contributed by atoms with Crippen LogP contribution in [0, 0.1) is 5.92 Å². The SMILES string of the molecule is O=C(c1ccc(Oc2ccccc2)cc1)N1CCC(CO)CC1. The van der Waals surface area contributed by atoms with E-state index in [1.165, 1.54) is 0 Å². The number of nitrogens with zero attached hydrogens (tertiary/aromatic N) is 1. The average Bonchev–Trinajstić information content (AvgIpc) is 2.63. The van der Waals surface area contributed by atoms with Crippen molar-refractivity contribution in [3.8, 4) is 11.5 Å². The minimum absolute atomic E-state index is 0.0488. The number of amides is 1. The molecular formula is C19H21NO3. The van der Waals surface area contributed by atoms with Gasteiger partial charge in [-0.15, -0.1) is 0 Å². The number of piperidine rings is 1. The second-order valence-corrected chi connectivity index (χ2v) is 5.86. The zero-order chi connectivity index (χ0) is 16.1. The number of hydrogen-bond donors (Lipinski definition) is 1. The van der Waals surface area contributed by atoms with E-state index in [0.717, 1.165) is 18.6 Å². The monoisotopic (exact) mass is 311 g/mol. The smallest absolute Gasteiger partial charge is 0.253 e. The van der Waals surface area contributed by atoms with E-state index in [2.05, 4.69) is 0 Å². The van der Waals surface area contributed by atoms with E-state index in [0.29, 0.717) is 30.3 Å². The van der Waals surface area contributed by atoms with Crippen LogP contribution in [-0.4, -0.2) is 35.6 Å². The summed E-state index contributed by atoms with van der Waals surface area (Å²) in [6, 6.07) is 16.8. The molecule has 0 radical (unpaired) electrons. The number of para-hydroxylation sites is 1. The van der Waals surface area contributed by atoms with Gasteiger partial charge < -0.3 is 14.7 Å². The highest BCUT2D eigenvalue weighted by molar-refractivity contribution is 5.94. The molecule has 1 fully saturated rings. The summed E-state index contributed by atoms with van der Waals surface area (Å²) in [5.74, 6) is 1.87. The fraction of sp³-hybridized carbons (Fsp3) is 0.316. The van der Waals surface area contributed by atoms with Crippen molar-refractivity contribution in [1.29, 1.82) is 0 Å². The van der Waals surface area contributed by atoms with Crippen molar-refractivity contribution in [3.63, 3.8) is 0 Å². The number of aliphatic hydroxyl groups is 1. The third kappa shape index (κ3) is 3.90. The van der Waals surface area contributed by atoms with Gasteiger partial charge in [0, 0.05) is 25.3 Å². The van der Waals surface area contributed by atoms with Crippen LogP contribution < -0.4 is 4.74 Å². The van der Waals surface area contributed by atoms with Gasteiger partial charge in [-0.2, -0.15) is 0 Å². The summed E-state index contributed by atoms with van der Waals surface area (Å²) in [5, 5.41) is 9.17. The summed E-state index contributed by atoms with van der Waals surface area (Å²) in [7, 11) is 0. The number of carbonyl (C=O) groups is 1. The normalized spacial score (nSPS) is 15.4. The molecule has 1 heterocycles. The number of carbonyl (C=O) groups excluding carboxylic acids is 1. The van der Waals surface area contributed by atoms with Gasteiger partial charge >= 0.3 is 0 Å². The number of rotatable bonds is 4. The highest BCUT2D eigenvalue weighted by Gasteiger charge is 2.23. The Balaban J connectivity index is 1.62. The number of likely N-dealkylation sites (tertiary alicyclic amines) is 1. The van der Waals surface area contributed by atoms with Gasteiger partial charge in [0.2, 0.25) is 0 Å². The molecule has 0 aliphatic carbocycles. The zero-order valence-corrected chi connectivity index (χ0v) is 13.0. The predicted octanol–water partition coefficient (Wildman–Crippen LogP) is 3.32. The maximum absolute atomic E-state index is 12.5. The van der Waals surface area contributed by atoms with Crippen LogP contribution in [0.15, 0.2) is 54.6 Å². The molecule has 2 aromatic carbocycles. The number of aliphatic hydroxyl groups excluding tert-OH is 1. The second-order valence-electron chi connectivity index (χ2n) is 5.86. The molecule has 2 aromatic rings. The molecule has 0 unspecified atom stereocenters. The maximum Gasteiger partial charge on any atom is 0.253 e. The first-order chi connectivity index (χ1) is 11.3. The lowest BCUT2D eigenvalue weighted by atomic mass is 9.97. The lowest BCUT2D eigenvalue weighted by Crippen LogP contribution is -2.39. The summed E-state index contributed by atoms with van der Waals surface area (Å²) < 4.78 is 5.73. The van der Waals surface area contributed by atoms with Gasteiger partial charge in [-0.1, -0.05) is 18.2 Å². The largest absolute Gasteiger partial charge is 0.457 e. The fourth-order valence-electron chi connectivity index (χ4n) is 2.79. The first kappa shape index (κ1) is 15.6. The molecule has 0 spiro atoms. The van der Waals surface area contributed by atoms with Crippen molar-refractivity contribution in [1.82, 2.24) is 4.90 Å². The molecule has 0 bridgehead atoms. The summed E-state index contributed by atoms with van der Waals surface area (Å²) >= 11 is 0. The molecule has 0 saturated carbocycles. The van der Waals surface area contributed by atoms with Crippen LogP contribution in [0.4, 0.5) is 0 Å². The summed E-state index contributed by atoms with van der Waals surface area (Å²) in [4.78, 5) is 14.3. The Bertz CT molecular complexity index is 631. The van der Waals surface area contributed by atoms with Gasteiger partial charge in [0.05, 0.1) is 0 Å². The van der Waals surface area contributed by atoms with Crippen molar-refractivity contribution >= 4 is 5.91 Å². The van der Waals surface area contributed by atoms with Crippen LogP contribution in [-0.2, 0) is 0 Å². The summed E-state index contributed by atoms with van der Waals surface area (Å²) in [6.45, 7) is 1.65. The average molecular weight is 311 g/mol. The molecule has 23 heavy (non-hydrogen) atoms. The Morgan fingerprint density at radius 3 is 2.22 bits per heavy atom. The molecule has 4 heteroatoms. The molecule has 0 aromatic heterocycles. The second kappa shape index (κ2) is 7.29. The van der Waals surface area contributed by atoms with Crippen molar-refractivity contribution in [2.45, 2.75) is 12.8 Å². The number of hydrogen-bond acceptors (Lipinski definition) is 3. The van der Waals surface area contributed by atoms with Crippen molar-refractivity contribution < 1.29 is 14.6 Å². The van der Waals surface area contributed by atoms with Gasteiger partial charge in [-0.25, -0.2) is 0 Å². The molecule has 0 atom stereocenters. The van der Waals surface area contributed by atoms with Crippen LogP contribution >= 0.6 is 0 Å². The van der Waals surface area contributed by atoms with E-state index < -0.39 is 0 Å². The topological polar surface area (TPSA) is 49.8 Å². The highest BCUT2D eigenvalue weighted by atomic mass is 16.5. The Labute approximate surface area is 136 Å². The van der Waals surface area contributed by atoms with Crippen LogP contribution in [0.3, 0.4) is 0 Å². The third-order valence-corrected chi connectivity index (χ3v) is 4.24. The molecule has 3 rings (SSSR count). The summed E-state index contributed by atoms with van der Waals surface area (Å²) in [6.07, 6.45) is 1.74. The van der Waals surface area contributed by atoms with Crippen LogP contribution in [0.1, 0.15) is 23.2 Å². The van der Waals surface area contributed by atoms with E-state index in [4.69, 9.17) is 9.84 Å². The quantitative estimate of drug-likeness (QED) is 0.942. The minimum Gasteiger partial charge on any atom is -0.457 e. The molecule has 1 saturated heterocycles. The standard InChI is InChI=1S/C19H21NO3/c21-14-15-10-12-20(13-11-15)19(22)16-6-8-18(9-7-16)23-17-4-2-1-3-5-17/h1-9,15,21H,10-14H2. The Morgan fingerprint density at radius 2 is 1.61 bits per heavy atom. The van der Waals surface area contributed by atoms with Gasteiger partial charge in [-0.3, -0.25) is 4.79 Å². The molecule has 1 amide bonds. The molecule has 1 aliphatic rings. The molecule has 1 N–H and O–H groups in total. The van der Waals surface area contributed by atoms with E-state index in [1.807, 2.05) is 47.4 Å². The lowest BCUT2D eigenvalue weighted by molar-refractivity contribution is 0.0651. The van der Waals surface area contributed by atoms with Crippen LogP contribution in [0.5, 0.6) is 11.5 Å². The zero-order valence-electron chi connectivity index (χ0n) is 13.0. The molecular weight excluding hydrogens is 290 g/mol. The predicted molar refractivity (Wildman–Crippen MR) is 88.7 cm³/mol. The number of benzene rings is 2. The van der Waals surface area contributed by atoms with Gasteiger partial charge in [0.15, 0.2) is 0 Å². The molecule has 1 aliphatic heterocycles. The number of ether oxygens (including phenoxy) is 1. The Kier molecular flexibility index (Phi) is 4.93. The first-order valence-corrected chi connectivity index (χ1v) is 7.99. The van der Waals surface area contributed by atoms with Crippen molar-refractivity contribution in [3.05, 3.63) is 60.2 Å². The fourth-order valence-corrected chi connectivity index (χ4v) is 2.79. The molecule has 120 valence electrons. The van der Waals surface area contributed by atoms with Gasteiger partial charge in [0.25, 0.3) is 5.91 Å².